The molecule has 0 N–H and O–H groups in total. The van der Waals surface area contributed by atoms with Gasteiger partial charge in [-0.2, -0.15) is 0 Å². The van der Waals surface area contributed by atoms with Crippen molar-refractivity contribution in [2.24, 2.45) is 0 Å². The molecule has 0 aromatic rings. The molecule has 0 radical (unpaired) electrons. The van der Waals surface area contributed by atoms with Crippen LogP contribution in [0.25, 0.3) is 0 Å². The molecule has 0 saturated carbocycles. The zero-order valence-corrected chi connectivity index (χ0v) is 10.3. The summed E-state index contributed by atoms with van der Waals surface area (Å²) >= 11 is 0. The SMILES string of the molecule is C=CC(=C)C(=O)OC.C=CCC(=C)C(=O)OC. The maximum atomic E-state index is 10.5. The van der Waals surface area contributed by atoms with Crippen LogP contribution in [0.2, 0.25) is 0 Å². The van der Waals surface area contributed by atoms with Gasteiger partial charge < -0.3 is 9.47 Å². The lowest BCUT2D eigenvalue weighted by Crippen LogP contribution is -2.01. The maximum absolute atomic E-state index is 10.5. The average molecular weight is 238 g/mol. The fraction of sp³-hybridized carbons (Fsp3) is 0.231. The van der Waals surface area contributed by atoms with Gasteiger partial charge in [0.1, 0.15) is 0 Å². The Balaban J connectivity index is 0. The molecule has 0 amide bonds. The second-order valence-electron chi connectivity index (χ2n) is 2.81. The van der Waals surface area contributed by atoms with Crippen LogP contribution in [0.1, 0.15) is 6.42 Å². The lowest BCUT2D eigenvalue weighted by Gasteiger charge is -1.96. The Bertz CT molecular complexity index is 326. The predicted molar refractivity (Wildman–Crippen MR) is 67.3 cm³/mol. The molecule has 0 aromatic heterocycles. The maximum Gasteiger partial charge on any atom is 0.337 e. The summed E-state index contributed by atoms with van der Waals surface area (Å²) in [6, 6.07) is 0. The topological polar surface area (TPSA) is 52.6 Å². The third-order valence-corrected chi connectivity index (χ3v) is 1.56. The van der Waals surface area contributed by atoms with E-state index in [0.717, 1.165) is 0 Å². The van der Waals surface area contributed by atoms with Crippen LogP contribution in [0.15, 0.2) is 49.6 Å². The van der Waals surface area contributed by atoms with E-state index in [1.807, 2.05) is 0 Å². The quantitative estimate of drug-likeness (QED) is 0.319. The first-order valence-electron chi connectivity index (χ1n) is 4.71. The number of rotatable bonds is 5. The van der Waals surface area contributed by atoms with Gasteiger partial charge in [0, 0.05) is 5.57 Å². The van der Waals surface area contributed by atoms with E-state index in [4.69, 9.17) is 0 Å². The van der Waals surface area contributed by atoms with E-state index in [-0.39, 0.29) is 11.5 Å². The predicted octanol–water partition coefficient (Wildman–Crippen LogP) is 2.19. The molecule has 0 bridgehead atoms. The number of hydrogen-bond donors (Lipinski definition) is 0. The van der Waals surface area contributed by atoms with Crippen molar-refractivity contribution in [3.05, 3.63) is 49.6 Å². The van der Waals surface area contributed by atoms with Crippen molar-refractivity contribution >= 4 is 11.9 Å². The number of ether oxygens (including phenoxy) is 2. The lowest BCUT2D eigenvalue weighted by molar-refractivity contribution is -0.136. The summed E-state index contributed by atoms with van der Waals surface area (Å²) in [5.74, 6) is -0.796. The van der Waals surface area contributed by atoms with Crippen LogP contribution in [-0.2, 0) is 19.1 Å². The number of carbonyl (C=O) groups is 2. The summed E-state index contributed by atoms with van der Waals surface area (Å²) < 4.78 is 8.67. The standard InChI is InChI=1S/C7H10O2.C6H8O2/c1-4-5-6(2)7(8)9-3;1-4-5(2)6(7)8-3/h4H,1-2,5H2,3H3;4H,1-2H2,3H3. The fourth-order valence-electron chi connectivity index (χ4n) is 0.616. The number of carbonyl (C=O) groups excluding carboxylic acids is 2. The van der Waals surface area contributed by atoms with E-state index in [0.29, 0.717) is 12.0 Å². The summed E-state index contributed by atoms with van der Waals surface area (Å²) in [4.78, 5) is 20.9. The molecule has 0 atom stereocenters. The zero-order chi connectivity index (χ0) is 13.8. The van der Waals surface area contributed by atoms with Crippen LogP contribution in [-0.4, -0.2) is 26.2 Å². The van der Waals surface area contributed by atoms with E-state index < -0.39 is 5.97 Å². The molecule has 0 aliphatic heterocycles. The highest BCUT2D eigenvalue weighted by molar-refractivity contribution is 5.90. The largest absolute Gasteiger partial charge is 0.466 e. The van der Waals surface area contributed by atoms with Gasteiger partial charge in [0.15, 0.2) is 0 Å². The van der Waals surface area contributed by atoms with Gasteiger partial charge in [-0.1, -0.05) is 31.9 Å². The minimum absolute atomic E-state index is 0.285. The summed E-state index contributed by atoms with van der Waals surface area (Å²) in [5.41, 5.74) is 0.722. The smallest absolute Gasteiger partial charge is 0.337 e. The number of allylic oxidation sites excluding steroid dienone is 1. The van der Waals surface area contributed by atoms with Crippen LogP contribution < -0.4 is 0 Å². The molecule has 4 heteroatoms. The second-order valence-corrected chi connectivity index (χ2v) is 2.81. The molecule has 0 unspecified atom stereocenters. The fourth-order valence-corrected chi connectivity index (χ4v) is 0.616. The van der Waals surface area contributed by atoms with Crippen molar-refractivity contribution in [1.29, 1.82) is 0 Å². The Morgan fingerprint density at radius 1 is 1.06 bits per heavy atom. The first-order chi connectivity index (χ1) is 7.94. The number of esters is 2. The average Bonchev–Trinajstić information content (AvgIpc) is 2.36. The van der Waals surface area contributed by atoms with Gasteiger partial charge in [0.2, 0.25) is 0 Å². The Morgan fingerprint density at radius 2 is 1.53 bits per heavy atom. The van der Waals surface area contributed by atoms with Crippen molar-refractivity contribution < 1.29 is 19.1 Å². The van der Waals surface area contributed by atoms with Crippen molar-refractivity contribution in [2.45, 2.75) is 6.42 Å². The van der Waals surface area contributed by atoms with Crippen molar-refractivity contribution in [2.75, 3.05) is 14.2 Å². The molecule has 17 heavy (non-hydrogen) atoms. The molecule has 0 aromatic carbocycles. The Hall–Kier alpha value is -2.10. The van der Waals surface area contributed by atoms with Gasteiger partial charge in [-0.25, -0.2) is 9.59 Å². The number of hydrogen-bond acceptors (Lipinski definition) is 4. The molecule has 0 saturated heterocycles. The van der Waals surface area contributed by atoms with Gasteiger partial charge >= 0.3 is 11.9 Å². The molecule has 0 fully saturated rings. The van der Waals surface area contributed by atoms with Crippen molar-refractivity contribution in [3.63, 3.8) is 0 Å². The highest BCUT2D eigenvalue weighted by Crippen LogP contribution is 1.99. The summed E-state index contributed by atoms with van der Waals surface area (Å²) in [7, 11) is 2.63. The van der Waals surface area contributed by atoms with Gasteiger partial charge in [0.25, 0.3) is 0 Å². The Labute approximate surface area is 102 Å². The molecule has 0 aliphatic carbocycles. The van der Waals surface area contributed by atoms with Crippen LogP contribution in [0.3, 0.4) is 0 Å². The van der Waals surface area contributed by atoms with E-state index in [2.05, 4.69) is 35.8 Å². The van der Waals surface area contributed by atoms with E-state index in [9.17, 15) is 9.59 Å². The van der Waals surface area contributed by atoms with E-state index in [1.165, 1.54) is 20.3 Å². The Kier molecular flexibility index (Phi) is 10.6. The summed E-state index contributed by atoms with van der Waals surface area (Å²) in [5, 5.41) is 0. The normalized spacial score (nSPS) is 7.88. The van der Waals surface area contributed by atoms with Crippen LogP contribution in [0, 0.1) is 0 Å². The molecule has 0 heterocycles. The molecule has 4 nitrogen and oxygen atoms in total. The van der Waals surface area contributed by atoms with Crippen molar-refractivity contribution in [3.8, 4) is 0 Å². The minimum atomic E-state index is -0.431. The lowest BCUT2D eigenvalue weighted by atomic mass is 10.2. The third-order valence-electron chi connectivity index (χ3n) is 1.56. The highest BCUT2D eigenvalue weighted by atomic mass is 16.5. The Morgan fingerprint density at radius 3 is 1.76 bits per heavy atom. The first-order valence-corrected chi connectivity index (χ1v) is 4.71. The molecular formula is C13H18O4. The third kappa shape index (κ3) is 8.87. The molecular weight excluding hydrogens is 220 g/mol. The molecule has 0 spiro atoms. The number of methoxy groups -OCH3 is 2. The van der Waals surface area contributed by atoms with Gasteiger partial charge in [-0.05, 0) is 6.42 Å². The van der Waals surface area contributed by atoms with Crippen LogP contribution >= 0.6 is 0 Å². The summed E-state index contributed by atoms with van der Waals surface area (Å²) in [6.45, 7) is 13.6. The highest BCUT2D eigenvalue weighted by Gasteiger charge is 2.01. The summed E-state index contributed by atoms with van der Waals surface area (Å²) in [6.07, 6.45) is 3.46. The van der Waals surface area contributed by atoms with E-state index >= 15 is 0 Å². The van der Waals surface area contributed by atoms with Gasteiger partial charge in [-0.3, -0.25) is 0 Å². The van der Waals surface area contributed by atoms with Crippen molar-refractivity contribution in [1.82, 2.24) is 0 Å². The van der Waals surface area contributed by atoms with Crippen LogP contribution in [0.4, 0.5) is 0 Å². The second kappa shape index (κ2) is 10.4. The monoisotopic (exact) mass is 238 g/mol. The molecule has 0 rings (SSSR count). The molecule has 94 valence electrons. The zero-order valence-electron chi connectivity index (χ0n) is 10.3. The van der Waals surface area contributed by atoms with E-state index in [1.54, 1.807) is 6.08 Å². The van der Waals surface area contributed by atoms with Crippen LogP contribution in [0.5, 0.6) is 0 Å². The first kappa shape index (κ1) is 17.3. The molecule has 0 aliphatic rings. The van der Waals surface area contributed by atoms with Gasteiger partial charge in [-0.15, -0.1) is 6.58 Å². The van der Waals surface area contributed by atoms with Gasteiger partial charge in [0.05, 0.1) is 19.8 Å². The minimum Gasteiger partial charge on any atom is -0.466 e.